The number of benzene rings is 2. The minimum absolute atomic E-state index is 0.0126. The molecule has 2 aromatic carbocycles. The highest BCUT2D eigenvalue weighted by atomic mass is 35.5. The molecule has 28 heavy (non-hydrogen) atoms. The van der Waals surface area contributed by atoms with Crippen LogP contribution in [0.3, 0.4) is 0 Å². The Kier molecular flexibility index (Phi) is 6.94. The van der Waals surface area contributed by atoms with Crippen LogP contribution in [0, 0.1) is 5.92 Å². The molecule has 0 radical (unpaired) electrons. The molecular formula is C21H23Cl2N3O2. The van der Waals surface area contributed by atoms with Crippen LogP contribution in [0.2, 0.25) is 10.0 Å². The van der Waals surface area contributed by atoms with Crippen molar-refractivity contribution in [3.05, 3.63) is 58.6 Å². The second-order valence-corrected chi connectivity index (χ2v) is 7.74. The fraction of sp³-hybridized carbons (Fsp3) is 0.333. The Labute approximate surface area is 175 Å². The molecule has 2 N–H and O–H groups in total. The van der Waals surface area contributed by atoms with E-state index in [0.717, 1.165) is 25.1 Å². The smallest absolute Gasteiger partial charge is 0.241 e. The summed E-state index contributed by atoms with van der Waals surface area (Å²) < 4.78 is 0. The summed E-state index contributed by atoms with van der Waals surface area (Å²) in [7, 11) is 0. The molecule has 1 aliphatic heterocycles. The van der Waals surface area contributed by atoms with Crippen LogP contribution < -0.4 is 10.6 Å². The van der Waals surface area contributed by atoms with E-state index in [1.165, 1.54) is 0 Å². The molecule has 7 heteroatoms. The van der Waals surface area contributed by atoms with Crippen molar-refractivity contribution in [2.45, 2.75) is 25.8 Å². The number of likely N-dealkylation sites (tertiary alicyclic amines) is 1. The lowest BCUT2D eigenvalue weighted by atomic mass is 9.95. The Hall–Kier alpha value is -2.08. The number of amides is 2. The zero-order chi connectivity index (χ0) is 20.1. The molecule has 0 saturated carbocycles. The van der Waals surface area contributed by atoms with Crippen molar-refractivity contribution >= 4 is 46.4 Å². The van der Waals surface area contributed by atoms with Crippen LogP contribution in [0.4, 0.5) is 11.4 Å². The van der Waals surface area contributed by atoms with Crippen molar-refractivity contribution in [3.63, 3.8) is 0 Å². The van der Waals surface area contributed by atoms with E-state index in [9.17, 15) is 9.59 Å². The van der Waals surface area contributed by atoms with Crippen LogP contribution in [0.1, 0.15) is 19.8 Å². The van der Waals surface area contributed by atoms with Crippen molar-refractivity contribution in [1.82, 2.24) is 4.90 Å². The van der Waals surface area contributed by atoms with E-state index in [1.54, 1.807) is 18.2 Å². The maximum atomic E-state index is 12.7. The summed E-state index contributed by atoms with van der Waals surface area (Å²) >= 11 is 12.2. The van der Waals surface area contributed by atoms with Gasteiger partial charge in [-0.3, -0.25) is 14.5 Å². The van der Waals surface area contributed by atoms with Crippen molar-refractivity contribution in [2.24, 2.45) is 5.92 Å². The summed E-state index contributed by atoms with van der Waals surface area (Å²) in [6, 6.07) is 14.1. The standard InChI is InChI=1S/C21H23Cl2N3O2/c1-14(20(27)25-18-11-5-10-17(22)19(18)23)26-12-6-7-15(13-26)21(28)24-16-8-3-2-4-9-16/h2-5,8-11,14-15H,6-7,12-13H2,1H3,(H,24,28)(H,25,27)/t14-,15+/m0/s1. The molecule has 1 fully saturated rings. The quantitative estimate of drug-likeness (QED) is 0.739. The molecule has 2 aromatic rings. The highest BCUT2D eigenvalue weighted by Gasteiger charge is 2.31. The van der Waals surface area contributed by atoms with Crippen LogP contribution in [-0.4, -0.2) is 35.8 Å². The molecule has 2 amide bonds. The minimum atomic E-state index is -0.387. The average Bonchev–Trinajstić information content (AvgIpc) is 2.71. The number of halogens is 2. The lowest BCUT2D eigenvalue weighted by molar-refractivity contribution is -0.125. The molecule has 1 heterocycles. The van der Waals surface area contributed by atoms with E-state index in [2.05, 4.69) is 10.6 Å². The van der Waals surface area contributed by atoms with Crippen molar-refractivity contribution in [1.29, 1.82) is 0 Å². The third kappa shape index (κ3) is 5.04. The second kappa shape index (κ2) is 9.41. The van der Waals surface area contributed by atoms with Gasteiger partial charge in [0.15, 0.2) is 0 Å². The Morgan fingerprint density at radius 2 is 1.82 bits per heavy atom. The predicted octanol–water partition coefficient (Wildman–Crippen LogP) is 4.67. The summed E-state index contributed by atoms with van der Waals surface area (Å²) in [5.41, 5.74) is 1.27. The topological polar surface area (TPSA) is 61.4 Å². The van der Waals surface area contributed by atoms with Gasteiger partial charge in [0.05, 0.1) is 27.7 Å². The van der Waals surface area contributed by atoms with Crippen LogP contribution >= 0.6 is 23.2 Å². The Bertz CT molecular complexity index is 845. The molecule has 0 aliphatic carbocycles. The zero-order valence-corrected chi connectivity index (χ0v) is 17.1. The molecule has 1 aliphatic rings. The van der Waals surface area contributed by atoms with Gasteiger partial charge < -0.3 is 10.6 Å². The molecule has 2 atom stereocenters. The number of piperidine rings is 1. The van der Waals surface area contributed by atoms with E-state index in [4.69, 9.17) is 23.2 Å². The Morgan fingerprint density at radius 3 is 2.57 bits per heavy atom. The number of rotatable bonds is 5. The van der Waals surface area contributed by atoms with Gasteiger partial charge in [0.25, 0.3) is 0 Å². The van der Waals surface area contributed by atoms with Gasteiger partial charge in [-0.25, -0.2) is 0 Å². The third-order valence-corrected chi connectivity index (χ3v) is 5.82. The lowest BCUT2D eigenvalue weighted by Crippen LogP contribution is -2.49. The first-order chi connectivity index (χ1) is 13.5. The van der Waals surface area contributed by atoms with Crippen molar-refractivity contribution < 1.29 is 9.59 Å². The first-order valence-corrected chi connectivity index (χ1v) is 10.1. The molecule has 5 nitrogen and oxygen atoms in total. The highest BCUT2D eigenvalue weighted by molar-refractivity contribution is 6.44. The fourth-order valence-electron chi connectivity index (χ4n) is 3.34. The number of nitrogens with zero attached hydrogens (tertiary/aromatic N) is 1. The number of carbonyl (C=O) groups is 2. The average molecular weight is 420 g/mol. The summed E-state index contributed by atoms with van der Waals surface area (Å²) in [6.07, 6.45) is 1.67. The first kappa shape index (κ1) is 20.6. The van der Waals surface area contributed by atoms with E-state index in [0.29, 0.717) is 22.3 Å². The van der Waals surface area contributed by atoms with Gasteiger partial charge in [-0.15, -0.1) is 0 Å². The molecule has 1 saturated heterocycles. The van der Waals surface area contributed by atoms with Crippen LogP contribution in [0.5, 0.6) is 0 Å². The van der Waals surface area contributed by atoms with Gasteiger partial charge in [-0.1, -0.05) is 47.5 Å². The first-order valence-electron chi connectivity index (χ1n) is 9.30. The second-order valence-electron chi connectivity index (χ2n) is 6.96. The molecule has 0 bridgehead atoms. The maximum Gasteiger partial charge on any atom is 0.241 e. The number of para-hydroxylation sites is 1. The van der Waals surface area contributed by atoms with Gasteiger partial charge in [-0.2, -0.15) is 0 Å². The van der Waals surface area contributed by atoms with E-state index >= 15 is 0 Å². The van der Waals surface area contributed by atoms with E-state index < -0.39 is 0 Å². The maximum absolute atomic E-state index is 12.7. The number of carbonyl (C=O) groups excluding carboxylic acids is 2. The van der Waals surface area contributed by atoms with Gasteiger partial charge in [0.2, 0.25) is 11.8 Å². The van der Waals surface area contributed by atoms with Crippen LogP contribution in [0.15, 0.2) is 48.5 Å². The molecule has 0 spiro atoms. The molecule has 148 valence electrons. The van der Waals surface area contributed by atoms with Crippen molar-refractivity contribution in [2.75, 3.05) is 23.7 Å². The van der Waals surface area contributed by atoms with Gasteiger partial charge in [-0.05, 0) is 50.6 Å². The highest BCUT2D eigenvalue weighted by Crippen LogP contribution is 2.30. The minimum Gasteiger partial charge on any atom is -0.326 e. The lowest BCUT2D eigenvalue weighted by Gasteiger charge is -2.35. The van der Waals surface area contributed by atoms with Gasteiger partial charge >= 0.3 is 0 Å². The summed E-state index contributed by atoms with van der Waals surface area (Å²) in [5, 5.41) is 6.50. The Morgan fingerprint density at radius 1 is 1.07 bits per heavy atom. The predicted molar refractivity (Wildman–Crippen MR) is 114 cm³/mol. The van der Waals surface area contributed by atoms with E-state index in [-0.39, 0.29) is 23.8 Å². The number of anilines is 2. The van der Waals surface area contributed by atoms with Gasteiger partial charge in [0, 0.05) is 12.2 Å². The summed E-state index contributed by atoms with van der Waals surface area (Å²) in [4.78, 5) is 27.3. The molecule has 3 rings (SSSR count). The third-order valence-electron chi connectivity index (χ3n) is 5.00. The summed E-state index contributed by atoms with van der Waals surface area (Å²) in [6.45, 7) is 3.15. The van der Waals surface area contributed by atoms with Crippen molar-refractivity contribution in [3.8, 4) is 0 Å². The van der Waals surface area contributed by atoms with Crippen LogP contribution in [-0.2, 0) is 9.59 Å². The normalized spacial score (nSPS) is 18.3. The SMILES string of the molecule is C[C@@H](C(=O)Nc1cccc(Cl)c1Cl)N1CCC[C@@H](C(=O)Nc2ccccc2)C1. The largest absolute Gasteiger partial charge is 0.326 e. The number of hydrogen-bond acceptors (Lipinski definition) is 3. The molecule has 0 aromatic heterocycles. The monoisotopic (exact) mass is 419 g/mol. The molecular weight excluding hydrogens is 397 g/mol. The molecule has 0 unspecified atom stereocenters. The number of nitrogens with one attached hydrogen (secondary N) is 2. The summed E-state index contributed by atoms with van der Waals surface area (Å²) in [5.74, 6) is -0.339. The van der Waals surface area contributed by atoms with Gasteiger partial charge in [0.1, 0.15) is 0 Å². The Balaban J connectivity index is 1.60. The fourth-order valence-corrected chi connectivity index (χ4v) is 3.69. The van der Waals surface area contributed by atoms with Crippen LogP contribution in [0.25, 0.3) is 0 Å². The zero-order valence-electron chi connectivity index (χ0n) is 15.6. The van der Waals surface area contributed by atoms with E-state index in [1.807, 2.05) is 42.2 Å². The number of hydrogen-bond donors (Lipinski definition) is 2.